The van der Waals surface area contributed by atoms with Crippen LogP contribution in [0.25, 0.3) is 0 Å². The minimum atomic E-state index is -1.22. The highest BCUT2D eigenvalue weighted by Crippen LogP contribution is 2.66. The maximum atomic E-state index is 2.42. The molecular weight excluding hydrogens is 284 g/mol. The first-order valence-corrected chi connectivity index (χ1v) is 9.77. The molecule has 3 aromatic rings. The van der Waals surface area contributed by atoms with E-state index in [0.717, 1.165) is 6.42 Å². The summed E-state index contributed by atoms with van der Waals surface area (Å²) < 4.78 is 0. The van der Waals surface area contributed by atoms with E-state index in [4.69, 9.17) is 0 Å². The molecule has 0 unspecified atom stereocenters. The lowest BCUT2D eigenvalue weighted by Gasteiger charge is -2.39. The highest BCUT2D eigenvalue weighted by atomic mass is 32.3. The molecule has 3 rings (SSSR count). The average molecular weight is 306 g/mol. The second-order valence-electron chi connectivity index (χ2n) is 5.51. The van der Waals surface area contributed by atoms with Crippen molar-refractivity contribution in [2.75, 3.05) is 6.26 Å². The summed E-state index contributed by atoms with van der Waals surface area (Å²) in [5.41, 5.74) is 1.45. The van der Waals surface area contributed by atoms with Crippen molar-refractivity contribution >= 4 is 10.0 Å². The topological polar surface area (TPSA) is 0 Å². The maximum Gasteiger partial charge on any atom is 0.00109 e. The number of aryl methyl sites for hydroxylation is 1. The van der Waals surface area contributed by atoms with Crippen LogP contribution in [0.2, 0.25) is 0 Å². The Labute approximate surface area is 135 Å². The third kappa shape index (κ3) is 2.57. The Morgan fingerprint density at radius 1 is 0.636 bits per heavy atom. The van der Waals surface area contributed by atoms with Gasteiger partial charge in [-0.05, 0) is 58.4 Å². The predicted octanol–water partition coefficient (Wildman–Crippen LogP) is 6.16. The molecule has 0 nitrogen and oxygen atoms in total. The molecular formula is C21H22S. The van der Waals surface area contributed by atoms with Crippen molar-refractivity contribution in [3.63, 3.8) is 0 Å². The van der Waals surface area contributed by atoms with E-state index in [1.807, 2.05) is 0 Å². The van der Waals surface area contributed by atoms with Gasteiger partial charge in [0.05, 0.1) is 0 Å². The Morgan fingerprint density at radius 2 is 1.09 bits per heavy atom. The van der Waals surface area contributed by atoms with Gasteiger partial charge in [0.2, 0.25) is 0 Å². The van der Waals surface area contributed by atoms with Crippen LogP contribution >= 0.6 is 10.0 Å². The van der Waals surface area contributed by atoms with E-state index < -0.39 is 10.0 Å². The summed E-state index contributed by atoms with van der Waals surface area (Å²) in [7, 11) is -1.22. The van der Waals surface area contributed by atoms with Crippen molar-refractivity contribution in [2.24, 2.45) is 0 Å². The van der Waals surface area contributed by atoms with Crippen LogP contribution < -0.4 is 0 Å². The zero-order valence-electron chi connectivity index (χ0n) is 13.2. The molecule has 3 aromatic carbocycles. The summed E-state index contributed by atoms with van der Waals surface area (Å²) in [6, 6.07) is 30.8. The van der Waals surface area contributed by atoms with Gasteiger partial charge in [0.25, 0.3) is 0 Å². The second kappa shape index (κ2) is 6.41. The predicted molar refractivity (Wildman–Crippen MR) is 97.0 cm³/mol. The van der Waals surface area contributed by atoms with Crippen molar-refractivity contribution < 1.29 is 0 Å². The van der Waals surface area contributed by atoms with E-state index in [-0.39, 0.29) is 0 Å². The maximum absolute atomic E-state index is 2.42. The molecule has 0 spiro atoms. The monoisotopic (exact) mass is 306 g/mol. The molecule has 0 aliphatic carbocycles. The zero-order valence-corrected chi connectivity index (χ0v) is 14.0. The van der Waals surface area contributed by atoms with Crippen LogP contribution in [0.1, 0.15) is 12.5 Å². The average Bonchev–Trinajstić information content (AvgIpc) is 2.62. The fraction of sp³-hybridized carbons (Fsp3) is 0.143. The zero-order chi connectivity index (χ0) is 15.4. The summed E-state index contributed by atoms with van der Waals surface area (Å²) >= 11 is 0. The van der Waals surface area contributed by atoms with E-state index >= 15 is 0 Å². The Balaban J connectivity index is 2.29. The Morgan fingerprint density at radius 3 is 1.59 bits per heavy atom. The summed E-state index contributed by atoms with van der Waals surface area (Å²) in [4.78, 5) is 4.32. The van der Waals surface area contributed by atoms with Crippen LogP contribution in [0.3, 0.4) is 0 Å². The molecule has 0 bridgehead atoms. The Kier molecular flexibility index (Phi) is 4.35. The molecule has 0 atom stereocenters. The van der Waals surface area contributed by atoms with Gasteiger partial charge in [0.1, 0.15) is 0 Å². The molecule has 0 N–H and O–H groups in total. The van der Waals surface area contributed by atoms with Crippen LogP contribution in [0.5, 0.6) is 0 Å². The first-order chi connectivity index (χ1) is 10.8. The van der Waals surface area contributed by atoms with Gasteiger partial charge in [-0.3, -0.25) is 0 Å². The highest BCUT2D eigenvalue weighted by Gasteiger charge is 2.27. The van der Waals surface area contributed by atoms with Gasteiger partial charge in [-0.1, -0.05) is 61.5 Å². The molecule has 0 radical (unpaired) electrons. The van der Waals surface area contributed by atoms with E-state index in [2.05, 4.69) is 98.1 Å². The van der Waals surface area contributed by atoms with Crippen molar-refractivity contribution in [3.8, 4) is 0 Å². The van der Waals surface area contributed by atoms with Crippen LogP contribution in [0.4, 0.5) is 0 Å². The second-order valence-corrected chi connectivity index (χ2v) is 8.73. The summed E-state index contributed by atoms with van der Waals surface area (Å²) in [5.74, 6) is 0. The van der Waals surface area contributed by atoms with E-state index in [1.165, 1.54) is 20.2 Å². The normalized spacial score (nSPS) is 12.1. The summed E-state index contributed by atoms with van der Waals surface area (Å²) in [6.45, 7) is 2.24. The fourth-order valence-corrected chi connectivity index (χ4v) is 6.24. The Hall–Kier alpha value is -1.99. The molecule has 0 saturated carbocycles. The van der Waals surface area contributed by atoms with Gasteiger partial charge in [-0.2, -0.15) is 10.0 Å². The van der Waals surface area contributed by atoms with Gasteiger partial charge >= 0.3 is 0 Å². The van der Waals surface area contributed by atoms with Gasteiger partial charge in [0.15, 0.2) is 0 Å². The molecule has 0 fully saturated rings. The van der Waals surface area contributed by atoms with Gasteiger partial charge in [-0.25, -0.2) is 0 Å². The summed E-state index contributed by atoms with van der Waals surface area (Å²) in [6.07, 6.45) is 3.49. The fourth-order valence-electron chi connectivity index (χ4n) is 2.97. The molecule has 0 heterocycles. The standard InChI is InChI=1S/C21H22S/c1-3-18-12-10-11-17-21(18)22(2,19-13-6-4-7-14-19)20-15-8-5-9-16-20/h4-17H,3H2,1-2H3. The largest absolute Gasteiger partial charge is 0.163 e. The van der Waals surface area contributed by atoms with Crippen LogP contribution in [-0.4, -0.2) is 6.26 Å². The van der Waals surface area contributed by atoms with Crippen LogP contribution in [0.15, 0.2) is 99.6 Å². The van der Waals surface area contributed by atoms with E-state index in [0.29, 0.717) is 0 Å². The van der Waals surface area contributed by atoms with Crippen molar-refractivity contribution in [2.45, 2.75) is 28.0 Å². The van der Waals surface area contributed by atoms with E-state index in [1.54, 1.807) is 0 Å². The van der Waals surface area contributed by atoms with Crippen LogP contribution in [0, 0.1) is 0 Å². The van der Waals surface area contributed by atoms with Crippen LogP contribution in [-0.2, 0) is 6.42 Å². The Bertz CT molecular complexity index is 693. The molecule has 0 aliphatic heterocycles. The molecule has 22 heavy (non-hydrogen) atoms. The molecule has 0 aliphatic rings. The minimum Gasteiger partial charge on any atom is -0.163 e. The molecule has 1 heteroatoms. The third-order valence-electron chi connectivity index (χ3n) is 4.22. The summed E-state index contributed by atoms with van der Waals surface area (Å²) in [5, 5.41) is 0. The SMILES string of the molecule is CCc1ccccc1S(C)(c1ccccc1)c1ccccc1. The number of hydrogen-bond donors (Lipinski definition) is 0. The van der Waals surface area contributed by atoms with E-state index in [9.17, 15) is 0 Å². The third-order valence-corrected chi connectivity index (χ3v) is 7.93. The first-order valence-electron chi connectivity index (χ1n) is 7.73. The van der Waals surface area contributed by atoms with Gasteiger partial charge in [-0.15, -0.1) is 0 Å². The molecule has 0 aromatic heterocycles. The lowest BCUT2D eigenvalue weighted by atomic mass is 10.2. The quantitative estimate of drug-likeness (QED) is 0.541. The van der Waals surface area contributed by atoms with Crippen molar-refractivity contribution in [3.05, 3.63) is 90.5 Å². The minimum absolute atomic E-state index is 1.07. The lowest BCUT2D eigenvalue weighted by Crippen LogP contribution is -2.04. The smallest absolute Gasteiger partial charge is 0.00109 e. The van der Waals surface area contributed by atoms with Crippen molar-refractivity contribution in [1.82, 2.24) is 0 Å². The highest BCUT2D eigenvalue weighted by molar-refractivity contribution is 8.33. The molecule has 0 amide bonds. The number of benzene rings is 3. The van der Waals surface area contributed by atoms with Gasteiger partial charge in [0, 0.05) is 4.90 Å². The first kappa shape index (κ1) is 14.9. The number of rotatable bonds is 4. The van der Waals surface area contributed by atoms with Gasteiger partial charge < -0.3 is 0 Å². The number of hydrogen-bond acceptors (Lipinski definition) is 0. The van der Waals surface area contributed by atoms with Crippen molar-refractivity contribution in [1.29, 1.82) is 0 Å². The molecule has 112 valence electrons. The lowest BCUT2D eigenvalue weighted by molar-refractivity contribution is 1.07. The molecule has 0 saturated heterocycles.